The molecule has 0 aromatic heterocycles. The summed E-state index contributed by atoms with van der Waals surface area (Å²) in [5, 5.41) is 0. The summed E-state index contributed by atoms with van der Waals surface area (Å²) in [5.41, 5.74) is 3.99. The Labute approximate surface area is 44.0 Å². The Hall–Kier alpha value is -0.123. The van der Waals surface area contributed by atoms with Gasteiger partial charge in [-0.15, -0.1) is 0 Å². The topological polar surface area (TPSA) is 18.5 Å². The molecule has 0 aromatic rings. The lowest BCUT2D eigenvalue weighted by atomic mass is 11.3. The molecule has 0 bridgehead atoms. The van der Waals surface area contributed by atoms with Crippen LogP contribution in [0.3, 0.4) is 0 Å². The second kappa shape index (κ2) is 1.43. The molecule has 2 nitrogen and oxygen atoms in total. The van der Waals surface area contributed by atoms with Gasteiger partial charge in [0.25, 0.3) is 0 Å². The van der Waals surface area contributed by atoms with Crippen molar-refractivity contribution in [2.75, 3.05) is 14.2 Å². The quantitative estimate of drug-likeness (QED) is 0.485. The Morgan fingerprint density at radius 1 is 1.14 bits per heavy atom. The van der Waals surface area contributed by atoms with Gasteiger partial charge in [-0.25, -0.2) is 0 Å². The largest absolute Gasteiger partial charge is 0.392 e. The van der Waals surface area contributed by atoms with E-state index in [1.165, 1.54) is 0 Å². The molecule has 40 valence electrons. The van der Waals surface area contributed by atoms with Crippen LogP contribution in [0.1, 0.15) is 0 Å². The standard InChI is InChI=1S/C4H8O2Si/c1-5-7(6-2)3-4-7/h3-4H,1-2H3. The van der Waals surface area contributed by atoms with Crippen molar-refractivity contribution in [1.82, 2.24) is 0 Å². The van der Waals surface area contributed by atoms with E-state index in [-0.39, 0.29) is 0 Å². The first-order chi connectivity index (χ1) is 3.33. The third-order valence-corrected chi connectivity index (χ3v) is 3.23. The molecule has 0 saturated heterocycles. The summed E-state index contributed by atoms with van der Waals surface area (Å²) in [6.07, 6.45) is 0. The summed E-state index contributed by atoms with van der Waals surface area (Å²) in [7, 11) is 1.70. The molecule has 1 heterocycles. The van der Waals surface area contributed by atoms with Gasteiger partial charge in [0.15, 0.2) is 0 Å². The fraction of sp³-hybridized carbons (Fsp3) is 0.500. The maximum atomic E-state index is 5.00. The van der Waals surface area contributed by atoms with Crippen LogP contribution in [0.25, 0.3) is 0 Å². The lowest BCUT2D eigenvalue weighted by molar-refractivity contribution is 0.279. The van der Waals surface area contributed by atoms with Gasteiger partial charge in [0, 0.05) is 14.2 Å². The van der Waals surface area contributed by atoms with Crippen molar-refractivity contribution in [3.63, 3.8) is 0 Å². The maximum absolute atomic E-state index is 5.00. The molecule has 7 heavy (non-hydrogen) atoms. The minimum Gasteiger partial charge on any atom is -0.392 e. The Bertz CT molecular complexity index is 87.9. The lowest BCUT2D eigenvalue weighted by Crippen LogP contribution is -2.23. The molecular formula is C4H8O2Si. The van der Waals surface area contributed by atoms with Crippen molar-refractivity contribution in [3.8, 4) is 0 Å². The van der Waals surface area contributed by atoms with Gasteiger partial charge in [0.05, 0.1) is 0 Å². The van der Waals surface area contributed by atoms with Crippen LogP contribution in [-0.4, -0.2) is 22.8 Å². The van der Waals surface area contributed by atoms with Crippen LogP contribution < -0.4 is 0 Å². The second-order valence-electron chi connectivity index (χ2n) is 1.46. The number of rotatable bonds is 2. The van der Waals surface area contributed by atoms with Gasteiger partial charge in [-0.1, -0.05) is 0 Å². The van der Waals surface area contributed by atoms with E-state index < -0.39 is 8.56 Å². The van der Waals surface area contributed by atoms with Crippen molar-refractivity contribution in [3.05, 3.63) is 11.4 Å². The van der Waals surface area contributed by atoms with Crippen LogP contribution in [0.4, 0.5) is 0 Å². The van der Waals surface area contributed by atoms with Gasteiger partial charge >= 0.3 is 8.56 Å². The van der Waals surface area contributed by atoms with Gasteiger partial charge in [-0.3, -0.25) is 0 Å². The Morgan fingerprint density at radius 2 is 1.57 bits per heavy atom. The molecule has 0 unspecified atom stereocenters. The highest BCUT2D eigenvalue weighted by molar-refractivity contribution is 6.87. The van der Waals surface area contributed by atoms with Crippen LogP contribution >= 0.6 is 0 Å². The maximum Gasteiger partial charge on any atom is 0.390 e. The van der Waals surface area contributed by atoms with Crippen molar-refractivity contribution in [2.45, 2.75) is 0 Å². The zero-order chi connectivity index (χ0) is 5.33. The molecule has 3 heteroatoms. The van der Waals surface area contributed by atoms with Crippen LogP contribution in [-0.2, 0) is 8.85 Å². The van der Waals surface area contributed by atoms with E-state index in [2.05, 4.69) is 0 Å². The van der Waals surface area contributed by atoms with E-state index in [4.69, 9.17) is 8.85 Å². The monoisotopic (exact) mass is 116 g/mol. The molecule has 0 saturated carbocycles. The lowest BCUT2D eigenvalue weighted by Gasteiger charge is -2.05. The summed E-state index contributed by atoms with van der Waals surface area (Å²) < 4.78 is 10.0. The van der Waals surface area contributed by atoms with E-state index in [1.54, 1.807) is 14.2 Å². The molecule has 0 aromatic carbocycles. The van der Waals surface area contributed by atoms with Crippen LogP contribution in [0.2, 0.25) is 0 Å². The Kier molecular flexibility index (Phi) is 1.03. The molecular weight excluding hydrogens is 108 g/mol. The highest BCUT2D eigenvalue weighted by Crippen LogP contribution is 2.20. The fourth-order valence-corrected chi connectivity index (χ4v) is 1.68. The number of hydrogen-bond donors (Lipinski definition) is 0. The summed E-state index contributed by atoms with van der Waals surface area (Å²) in [6.45, 7) is 0. The molecule has 0 radical (unpaired) electrons. The third-order valence-electron chi connectivity index (χ3n) is 1.08. The van der Waals surface area contributed by atoms with Crippen molar-refractivity contribution in [2.24, 2.45) is 0 Å². The van der Waals surface area contributed by atoms with Crippen molar-refractivity contribution < 1.29 is 8.85 Å². The van der Waals surface area contributed by atoms with Crippen molar-refractivity contribution >= 4 is 8.56 Å². The molecule has 0 amide bonds. The summed E-state index contributed by atoms with van der Waals surface area (Å²) >= 11 is 0. The van der Waals surface area contributed by atoms with Crippen molar-refractivity contribution in [1.29, 1.82) is 0 Å². The van der Waals surface area contributed by atoms with E-state index in [9.17, 15) is 0 Å². The highest BCUT2D eigenvalue weighted by atomic mass is 28.4. The van der Waals surface area contributed by atoms with Gasteiger partial charge in [0.1, 0.15) is 0 Å². The van der Waals surface area contributed by atoms with Gasteiger partial charge in [-0.2, -0.15) is 0 Å². The van der Waals surface area contributed by atoms with Gasteiger partial charge in [0.2, 0.25) is 0 Å². The van der Waals surface area contributed by atoms with E-state index in [0.29, 0.717) is 0 Å². The van der Waals surface area contributed by atoms with Gasteiger partial charge in [-0.05, 0) is 11.4 Å². The molecule has 0 N–H and O–H groups in total. The Morgan fingerprint density at radius 3 is 1.57 bits per heavy atom. The molecule has 0 spiro atoms. The van der Waals surface area contributed by atoms with E-state index >= 15 is 0 Å². The molecule has 0 fully saturated rings. The SMILES string of the molecule is CO[Si]1(OC)C=C1. The van der Waals surface area contributed by atoms with Crippen LogP contribution in [0.5, 0.6) is 0 Å². The smallest absolute Gasteiger partial charge is 0.390 e. The summed E-state index contributed by atoms with van der Waals surface area (Å²) in [6, 6.07) is 0. The predicted octanol–water partition coefficient (Wildman–Crippen LogP) is 0.370. The van der Waals surface area contributed by atoms with Crippen LogP contribution in [0, 0.1) is 0 Å². The normalized spacial score (nSPS) is 22.6. The average molecular weight is 116 g/mol. The molecule has 1 rings (SSSR count). The van der Waals surface area contributed by atoms with Gasteiger partial charge < -0.3 is 8.85 Å². The van der Waals surface area contributed by atoms with Crippen LogP contribution in [0.15, 0.2) is 11.4 Å². The number of hydrogen-bond acceptors (Lipinski definition) is 2. The first kappa shape index (κ1) is 5.02. The van der Waals surface area contributed by atoms with E-state index in [0.717, 1.165) is 0 Å². The molecule has 0 aliphatic carbocycles. The first-order valence-corrected chi connectivity index (χ1v) is 4.11. The first-order valence-electron chi connectivity index (χ1n) is 2.14. The predicted molar refractivity (Wildman–Crippen MR) is 28.9 cm³/mol. The highest BCUT2D eigenvalue weighted by Gasteiger charge is 2.40. The third kappa shape index (κ3) is 0.747. The van der Waals surface area contributed by atoms with E-state index in [1.807, 2.05) is 11.4 Å². The second-order valence-corrected chi connectivity index (χ2v) is 4.39. The molecule has 0 atom stereocenters. The minimum absolute atomic E-state index is 1.65. The summed E-state index contributed by atoms with van der Waals surface area (Å²) in [5.74, 6) is 0. The summed E-state index contributed by atoms with van der Waals surface area (Å²) in [4.78, 5) is 0. The molecule has 1 aliphatic rings. The average Bonchev–Trinajstić information content (AvgIpc) is 2.46. The Balaban J connectivity index is 2.31. The fourth-order valence-electron chi connectivity index (χ4n) is 0.424. The molecule has 1 aliphatic heterocycles. The minimum atomic E-state index is -1.65. The zero-order valence-corrected chi connectivity index (χ0v) is 5.47. The zero-order valence-electron chi connectivity index (χ0n) is 4.47.